The number of halogens is 1. The molecule has 2 N–H and O–H groups in total. The maximum atomic E-state index is 6.05. The first kappa shape index (κ1) is 17.8. The standard InChI is InChI=1S/C18H14BrN5O2S2/c19-11-6-12-13(26-9-25-12)7-14(11)28-18-23-15-16(20)21-8-22-17(15)24(18)4-3-10-2-1-5-27-10/h1-2,5-8H,3-4,9H2,(H2,20,21,22). The van der Waals surface area contributed by atoms with E-state index in [-0.39, 0.29) is 6.79 Å². The third-order valence-electron chi connectivity index (χ3n) is 4.32. The number of hydrogen-bond acceptors (Lipinski definition) is 8. The van der Waals surface area contributed by atoms with E-state index in [0.717, 1.165) is 44.6 Å². The normalized spacial score (nSPS) is 12.8. The fourth-order valence-corrected chi connectivity index (χ4v) is 5.17. The largest absolute Gasteiger partial charge is 0.454 e. The minimum atomic E-state index is 0.237. The Hall–Kier alpha value is -2.30. The van der Waals surface area contributed by atoms with Gasteiger partial charge in [0.2, 0.25) is 6.79 Å². The van der Waals surface area contributed by atoms with E-state index in [1.807, 2.05) is 12.1 Å². The molecule has 4 aromatic rings. The van der Waals surface area contributed by atoms with Gasteiger partial charge in [0.15, 0.2) is 33.6 Å². The average Bonchev–Trinajstić information content (AvgIpc) is 3.41. The molecule has 0 fully saturated rings. The van der Waals surface area contributed by atoms with E-state index in [9.17, 15) is 0 Å². The highest BCUT2D eigenvalue weighted by Crippen LogP contribution is 2.43. The maximum Gasteiger partial charge on any atom is 0.231 e. The van der Waals surface area contributed by atoms with Crippen LogP contribution in [0.5, 0.6) is 11.5 Å². The second kappa shape index (κ2) is 7.26. The first-order valence-corrected chi connectivity index (χ1v) is 10.9. The highest BCUT2D eigenvalue weighted by Gasteiger charge is 2.20. The SMILES string of the molecule is Nc1ncnc2c1nc(Sc1cc3c(cc1Br)OCO3)n2CCc1cccs1. The number of anilines is 1. The van der Waals surface area contributed by atoms with Crippen LogP contribution in [0.1, 0.15) is 4.88 Å². The van der Waals surface area contributed by atoms with Crippen LogP contribution in [0.3, 0.4) is 0 Å². The summed E-state index contributed by atoms with van der Waals surface area (Å²) in [6.07, 6.45) is 2.37. The Morgan fingerprint density at radius 2 is 2.11 bits per heavy atom. The Morgan fingerprint density at radius 3 is 2.93 bits per heavy atom. The predicted molar refractivity (Wildman–Crippen MR) is 112 cm³/mol. The fraction of sp³-hybridized carbons (Fsp3) is 0.167. The molecule has 0 aliphatic carbocycles. The zero-order valence-electron chi connectivity index (χ0n) is 14.5. The number of fused-ring (bicyclic) bond motifs is 2. The minimum absolute atomic E-state index is 0.237. The number of benzene rings is 1. The molecule has 0 saturated carbocycles. The van der Waals surface area contributed by atoms with Crippen LogP contribution < -0.4 is 15.2 Å². The summed E-state index contributed by atoms with van der Waals surface area (Å²) in [5.74, 6) is 1.84. The summed E-state index contributed by atoms with van der Waals surface area (Å²) in [4.78, 5) is 15.5. The summed E-state index contributed by atoms with van der Waals surface area (Å²) >= 11 is 6.89. The van der Waals surface area contributed by atoms with Crippen molar-refractivity contribution in [3.63, 3.8) is 0 Å². The van der Waals surface area contributed by atoms with Crippen molar-refractivity contribution < 1.29 is 9.47 Å². The molecule has 0 unspecified atom stereocenters. The summed E-state index contributed by atoms with van der Waals surface area (Å²) in [5.41, 5.74) is 7.40. The number of imidazole rings is 1. The van der Waals surface area contributed by atoms with E-state index in [2.05, 4.69) is 48.0 Å². The van der Waals surface area contributed by atoms with Crippen LogP contribution in [0.15, 0.2) is 50.5 Å². The van der Waals surface area contributed by atoms with Crippen LogP contribution in [-0.4, -0.2) is 26.3 Å². The van der Waals surface area contributed by atoms with Crippen molar-refractivity contribution in [3.8, 4) is 11.5 Å². The van der Waals surface area contributed by atoms with Gasteiger partial charge in [0.25, 0.3) is 0 Å². The number of thiophene rings is 1. The predicted octanol–water partition coefficient (Wildman–Crippen LogP) is 4.36. The Kier molecular flexibility index (Phi) is 4.61. The molecule has 10 heteroatoms. The molecule has 1 aliphatic heterocycles. The van der Waals surface area contributed by atoms with Crippen LogP contribution in [0.4, 0.5) is 5.82 Å². The average molecular weight is 476 g/mol. The molecule has 28 heavy (non-hydrogen) atoms. The Labute approximate surface area is 177 Å². The Morgan fingerprint density at radius 1 is 1.25 bits per heavy atom. The summed E-state index contributed by atoms with van der Waals surface area (Å²) in [6.45, 7) is 0.985. The molecule has 0 amide bonds. The van der Waals surface area contributed by atoms with Crippen molar-refractivity contribution in [2.75, 3.05) is 12.5 Å². The van der Waals surface area contributed by atoms with Crippen LogP contribution in [-0.2, 0) is 13.0 Å². The molecule has 7 nitrogen and oxygen atoms in total. The molecular weight excluding hydrogens is 462 g/mol. The van der Waals surface area contributed by atoms with Gasteiger partial charge >= 0.3 is 0 Å². The van der Waals surface area contributed by atoms with E-state index in [4.69, 9.17) is 20.2 Å². The van der Waals surface area contributed by atoms with E-state index in [1.54, 1.807) is 11.3 Å². The smallest absolute Gasteiger partial charge is 0.231 e. The first-order chi connectivity index (χ1) is 13.7. The van der Waals surface area contributed by atoms with Crippen molar-refractivity contribution in [3.05, 3.63) is 45.3 Å². The van der Waals surface area contributed by atoms with Crippen molar-refractivity contribution in [1.82, 2.24) is 19.5 Å². The molecule has 0 bridgehead atoms. The van der Waals surface area contributed by atoms with Crippen molar-refractivity contribution in [1.29, 1.82) is 0 Å². The number of rotatable bonds is 5. The molecule has 142 valence electrons. The van der Waals surface area contributed by atoms with Crippen molar-refractivity contribution in [2.24, 2.45) is 0 Å². The highest BCUT2D eigenvalue weighted by atomic mass is 79.9. The molecule has 0 spiro atoms. The molecule has 1 aliphatic rings. The molecule has 0 saturated heterocycles. The maximum absolute atomic E-state index is 6.05. The van der Waals surface area contributed by atoms with Gasteiger partial charge in [0.05, 0.1) is 0 Å². The van der Waals surface area contributed by atoms with E-state index < -0.39 is 0 Å². The topological polar surface area (TPSA) is 88.1 Å². The molecule has 0 radical (unpaired) electrons. The van der Waals surface area contributed by atoms with E-state index in [1.165, 1.54) is 23.0 Å². The number of nitrogens with zero attached hydrogens (tertiary/aromatic N) is 4. The van der Waals surface area contributed by atoms with Crippen molar-refractivity contribution >= 4 is 56.0 Å². The summed E-state index contributed by atoms with van der Waals surface area (Å²) in [7, 11) is 0. The number of aromatic nitrogens is 4. The lowest BCUT2D eigenvalue weighted by Gasteiger charge is -2.09. The second-order valence-corrected chi connectivity index (χ2v) is 8.94. The van der Waals surface area contributed by atoms with Gasteiger partial charge < -0.3 is 19.8 Å². The van der Waals surface area contributed by atoms with Crippen molar-refractivity contribution in [2.45, 2.75) is 23.0 Å². The molecular formula is C18H14BrN5O2S2. The third kappa shape index (κ3) is 3.21. The van der Waals surface area contributed by atoms with E-state index >= 15 is 0 Å². The van der Waals surface area contributed by atoms with Crippen LogP contribution in [0.2, 0.25) is 0 Å². The van der Waals surface area contributed by atoms with Gasteiger partial charge in [-0.15, -0.1) is 11.3 Å². The number of ether oxygens (including phenoxy) is 2. The molecule has 3 aromatic heterocycles. The molecule has 1 aromatic carbocycles. The number of nitrogen functional groups attached to an aromatic ring is 1. The minimum Gasteiger partial charge on any atom is -0.454 e. The number of aryl methyl sites for hydroxylation is 2. The molecule has 4 heterocycles. The third-order valence-corrected chi connectivity index (χ3v) is 7.22. The first-order valence-electron chi connectivity index (χ1n) is 8.45. The van der Waals surface area contributed by atoms with Gasteiger partial charge in [-0.25, -0.2) is 15.0 Å². The summed E-state index contributed by atoms with van der Waals surface area (Å²) in [5, 5.41) is 2.89. The zero-order valence-corrected chi connectivity index (χ0v) is 17.7. The monoisotopic (exact) mass is 475 g/mol. The molecule has 0 atom stereocenters. The second-order valence-electron chi connectivity index (χ2n) is 6.04. The Balaban J connectivity index is 1.54. The van der Waals surface area contributed by atoms with Crippen LogP contribution >= 0.6 is 39.0 Å². The Bertz CT molecular complexity index is 1160. The van der Waals surface area contributed by atoms with Gasteiger partial charge in [0, 0.05) is 20.8 Å². The van der Waals surface area contributed by atoms with Gasteiger partial charge in [-0.1, -0.05) is 17.8 Å². The lowest BCUT2D eigenvalue weighted by Crippen LogP contribution is -2.04. The van der Waals surface area contributed by atoms with E-state index in [0.29, 0.717) is 11.3 Å². The number of hydrogen-bond donors (Lipinski definition) is 1. The summed E-state index contributed by atoms with van der Waals surface area (Å²) < 4.78 is 14.0. The van der Waals surface area contributed by atoms with Gasteiger partial charge in [0.1, 0.15) is 6.33 Å². The lowest BCUT2D eigenvalue weighted by atomic mass is 10.3. The van der Waals surface area contributed by atoms with Crippen LogP contribution in [0.25, 0.3) is 11.2 Å². The fourth-order valence-electron chi connectivity index (χ4n) is 2.97. The summed E-state index contributed by atoms with van der Waals surface area (Å²) in [6, 6.07) is 8.06. The molecule has 5 rings (SSSR count). The van der Waals surface area contributed by atoms with Gasteiger partial charge in [-0.3, -0.25) is 0 Å². The van der Waals surface area contributed by atoms with Crippen LogP contribution in [0, 0.1) is 0 Å². The number of nitrogens with two attached hydrogens (primary N) is 1. The highest BCUT2D eigenvalue weighted by molar-refractivity contribution is 9.10. The zero-order chi connectivity index (χ0) is 19.1. The quantitative estimate of drug-likeness (QED) is 0.458. The van der Waals surface area contributed by atoms with Gasteiger partial charge in [-0.05, 0) is 45.9 Å². The lowest BCUT2D eigenvalue weighted by molar-refractivity contribution is 0.174. The van der Waals surface area contributed by atoms with Gasteiger partial charge in [-0.2, -0.15) is 0 Å².